The van der Waals surface area contributed by atoms with Crippen molar-refractivity contribution >= 4 is 86.3 Å². The molecule has 122 heavy (non-hydrogen) atoms. The minimum Gasteiger partial charge on any atom is -0.508 e. The van der Waals surface area contributed by atoms with Gasteiger partial charge in [-0.25, -0.2) is 4.79 Å². The lowest BCUT2D eigenvalue weighted by Gasteiger charge is -2.29. The van der Waals surface area contributed by atoms with E-state index in [0.717, 1.165) is 70.6 Å². The van der Waals surface area contributed by atoms with E-state index in [1.807, 2.05) is 13.8 Å². The molecule has 0 aliphatic rings. The first-order chi connectivity index (χ1) is 58.5. The zero-order valence-corrected chi connectivity index (χ0v) is 73.5. The maximum absolute atomic E-state index is 14.0. The number of carbonyl (C=O) groups is 12. The SMILES string of the molecule is CC(C)CC(=O)CN[C@@H](CCCCNC(=O)COCCOCCCC(=O)COCCOCCNC(=O)COCCOCCNC(=O)COCCOCCNC(=O)COCCOCCCC(=O)CC[C@H](NC(=O)CCCCCCCCCCCCCCCS(=O)(=O)O)C(=O)O)C(=O)CN(C)[C@@H](CCCCC(=N)N)C(=O)C[C@@H](Cc1ccc(O)cc1)C(N)=O. The van der Waals surface area contributed by atoms with Gasteiger partial charge in [0.05, 0.1) is 123 Å². The highest BCUT2D eigenvalue weighted by molar-refractivity contribution is 7.85. The number of primary amides is 1. The molecular formula is C84H146N10O27S. The average molecular weight is 1760 g/mol. The molecule has 1 aromatic rings. The highest BCUT2D eigenvalue weighted by Gasteiger charge is 2.31. The number of hydrogen-bond acceptors (Lipinski definition) is 28. The van der Waals surface area contributed by atoms with Gasteiger partial charge in [-0.3, -0.25) is 67.6 Å². The van der Waals surface area contributed by atoms with Crippen molar-refractivity contribution < 1.29 is 128 Å². The largest absolute Gasteiger partial charge is 0.508 e. The number of unbranched alkanes of at least 4 members (excludes halogenated alkanes) is 14. The molecule has 0 fully saturated rings. The Kier molecular flexibility index (Phi) is 69.1. The number of amides is 6. The number of ketones is 5. The first kappa shape index (κ1) is 113. The smallest absolute Gasteiger partial charge is 0.326 e. The van der Waals surface area contributed by atoms with Crippen LogP contribution in [0.1, 0.15) is 206 Å². The van der Waals surface area contributed by atoms with E-state index in [1.54, 1.807) is 24.1 Å². The fourth-order valence-corrected chi connectivity index (χ4v) is 12.9. The number of phenols is 1. The van der Waals surface area contributed by atoms with Crippen LogP contribution in [-0.4, -0.2) is 307 Å². The number of ether oxygens (including phenoxy) is 10. The van der Waals surface area contributed by atoms with E-state index < -0.39 is 46.0 Å². The third kappa shape index (κ3) is 69.9. The van der Waals surface area contributed by atoms with Crippen molar-refractivity contribution in [2.75, 3.05) is 184 Å². The average Bonchev–Trinajstić information content (AvgIpc) is 0.855. The summed E-state index contributed by atoms with van der Waals surface area (Å²) in [5.74, 6) is -5.17. The number of rotatable bonds is 88. The van der Waals surface area contributed by atoms with Crippen LogP contribution in [0.2, 0.25) is 0 Å². The van der Waals surface area contributed by atoms with Crippen LogP contribution in [0.25, 0.3) is 0 Å². The van der Waals surface area contributed by atoms with Crippen LogP contribution in [0.3, 0.4) is 0 Å². The molecule has 0 heterocycles. The number of benzene rings is 1. The number of phenolic OH excluding ortho intramolecular Hbond substituents is 1. The Hall–Kier alpha value is -7.44. The van der Waals surface area contributed by atoms with Crippen LogP contribution in [0.5, 0.6) is 5.75 Å². The summed E-state index contributed by atoms with van der Waals surface area (Å²) in [5.41, 5.74) is 12.0. The monoisotopic (exact) mass is 1760 g/mol. The van der Waals surface area contributed by atoms with Crippen molar-refractivity contribution in [1.82, 2.24) is 36.8 Å². The topological polar surface area (TPSA) is 543 Å². The molecule has 14 N–H and O–H groups in total. The predicted molar refractivity (Wildman–Crippen MR) is 455 cm³/mol. The summed E-state index contributed by atoms with van der Waals surface area (Å²) in [7, 11) is -2.20. The first-order valence-corrected chi connectivity index (χ1v) is 44.9. The fourth-order valence-electron chi connectivity index (χ4n) is 12.4. The van der Waals surface area contributed by atoms with Gasteiger partial charge in [0.2, 0.25) is 35.4 Å². The molecule has 1 rings (SSSR count). The highest BCUT2D eigenvalue weighted by atomic mass is 32.2. The standard InChI is InChI=1S/C84H146N10O27S/c1-65(2)55-71(98)58-92-72(76(100)59-94(3)74(26-16-17-27-77(85)86)75(99)57-67(83(87)106)56-66-29-31-69(96)32-30-66)25-18-19-35-88-79(102)61-118-50-45-113-40-22-24-70(97)60-117-49-46-114-41-36-89-81(104)63-120-52-48-116-43-38-91-82(105)64-121-53-47-115-42-37-90-80(103)62-119-51-44-112-39-21-23-68(95)33-34-73(84(107)108)93-78(101)28-15-13-11-9-7-5-4-6-8-10-12-14-20-54-122(109,110)111/h29-32,65,67,72-74,92,96H,4-28,33-64H2,1-3H3,(H3,85,86)(H2,87,106)(H,88,102)(H,89,104)(H,90,103)(H,91,105)(H,93,101)(H,107,108)(H,109,110,111)/t67-,72+,73+,74+/m1/s1. The van der Waals surface area contributed by atoms with Crippen molar-refractivity contribution in [2.45, 2.75) is 225 Å². The molecule has 0 bridgehead atoms. The van der Waals surface area contributed by atoms with Gasteiger partial charge in [0.15, 0.2) is 17.3 Å². The van der Waals surface area contributed by atoms with Gasteiger partial charge in [-0.1, -0.05) is 103 Å². The molecule has 0 radical (unpaired) electrons. The van der Waals surface area contributed by atoms with Gasteiger partial charge in [0.25, 0.3) is 10.1 Å². The number of carboxylic acid groups (broad SMARTS) is 1. The van der Waals surface area contributed by atoms with E-state index in [9.17, 15) is 76.2 Å². The Labute approximate surface area is 721 Å². The molecule has 0 saturated heterocycles. The Bertz CT molecular complexity index is 3200. The normalized spacial score (nSPS) is 12.5. The maximum Gasteiger partial charge on any atom is 0.326 e. The van der Waals surface area contributed by atoms with Crippen LogP contribution >= 0.6 is 0 Å². The summed E-state index contributed by atoms with van der Waals surface area (Å²) in [6, 6.07) is 3.66. The number of carboxylic acids is 1. The summed E-state index contributed by atoms with van der Waals surface area (Å²) in [4.78, 5) is 153. The second kappa shape index (κ2) is 74.9. The summed E-state index contributed by atoms with van der Waals surface area (Å²) in [6.45, 7) is 6.83. The molecule has 1 aromatic carbocycles. The molecule has 37 nitrogen and oxygen atoms in total. The molecule has 0 aliphatic carbocycles. The number of aliphatic carboxylic acids is 1. The van der Waals surface area contributed by atoms with Crippen LogP contribution < -0.4 is 43.4 Å². The Morgan fingerprint density at radius 3 is 1.32 bits per heavy atom. The number of aromatic hydroxyl groups is 1. The van der Waals surface area contributed by atoms with Gasteiger partial charge in [-0.05, 0) is 101 Å². The molecule has 38 heteroatoms. The summed E-state index contributed by atoms with van der Waals surface area (Å²) in [6.07, 6.45) is 17.6. The van der Waals surface area contributed by atoms with Crippen LogP contribution in [0, 0.1) is 17.2 Å². The molecule has 0 aromatic heterocycles. The van der Waals surface area contributed by atoms with Crippen LogP contribution in [-0.2, 0) is 121 Å². The first-order valence-electron chi connectivity index (χ1n) is 43.3. The second-order valence-electron chi connectivity index (χ2n) is 30.5. The third-order valence-electron chi connectivity index (χ3n) is 19.0. The lowest BCUT2D eigenvalue weighted by molar-refractivity contribution is -0.142. The zero-order chi connectivity index (χ0) is 90.1. The molecule has 6 amide bonds. The van der Waals surface area contributed by atoms with E-state index >= 15 is 0 Å². The van der Waals surface area contributed by atoms with Crippen molar-refractivity contribution in [3.05, 3.63) is 29.8 Å². The second-order valence-corrected chi connectivity index (χ2v) is 32.1. The Morgan fingerprint density at radius 1 is 0.434 bits per heavy atom. The lowest BCUT2D eigenvalue weighted by atomic mass is 9.89. The number of amidine groups is 1. The van der Waals surface area contributed by atoms with Gasteiger partial charge in [0, 0.05) is 90.3 Å². The Balaban J connectivity index is 2.03. The summed E-state index contributed by atoms with van der Waals surface area (Å²) in [5, 5.41) is 43.4. The maximum atomic E-state index is 14.0. The molecule has 700 valence electrons. The lowest BCUT2D eigenvalue weighted by Crippen LogP contribution is -2.48. The van der Waals surface area contributed by atoms with Gasteiger partial charge in [0.1, 0.15) is 56.4 Å². The summed E-state index contributed by atoms with van der Waals surface area (Å²) < 4.78 is 84.4. The van der Waals surface area contributed by atoms with Crippen molar-refractivity contribution in [1.29, 1.82) is 5.41 Å². The van der Waals surface area contributed by atoms with E-state index in [1.165, 1.54) is 12.1 Å². The number of carbonyl (C=O) groups excluding carboxylic acids is 11. The zero-order valence-electron chi connectivity index (χ0n) is 72.7. The molecule has 0 unspecified atom stereocenters. The van der Waals surface area contributed by atoms with Crippen molar-refractivity contribution in [3.8, 4) is 5.75 Å². The van der Waals surface area contributed by atoms with Gasteiger partial charge < -0.3 is 101 Å². The number of nitrogens with two attached hydrogens (primary N) is 2. The molecule has 0 spiro atoms. The number of likely N-dealkylation sites (N-methyl/N-ethyl adjacent to an activating group) is 1. The van der Waals surface area contributed by atoms with Crippen molar-refractivity contribution in [2.24, 2.45) is 23.3 Å². The summed E-state index contributed by atoms with van der Waals surface area (Å²) >= 11 is 0. The quantitative estimate of drug-likeness (QED) is 0.0189. The number of Topliss-reactive ketones (excluding diaryl/α,β-unsaturated/α-hetero) is 5. The van der Waals surface area contributed by atoms with Crippen molar-refractivity contribution in [3.63, 3.8) is 0 Å². The van der Waals surface area contributed by atoms with E-state index in [4.69, 9.17) is 68.8 Å². The van der Waals surface area contributed by atoms with Gasteiger partial charge in [-0.15, -0.1) is 0 Å². The number of nitrogens with one attached hydrogen (secondary N) is 7. The molecule has 4 atom stereocenters. The number of nitrogens with zero attached hydrogens (tertiary/aromatic N) is 1. The molecule has 0 saturated carbocycles. The minimum absolute atomic E-state index is 0.00209. The van der Waals surface area contributed by atoms with Gasteiger partial charge >= 0.3 is 5.97 Å². The fraction of sp³-hybridized carbons (Fsp3) is 0.774. The van der Waals surface area contributed by atoms with Gasteiger partial charge in [-0.2, -0.15) is 8.42 Å². The molecule has 0 aliphatic heterocycles. The Morgan fingerprint density at radius 2 is 0.861 bits per heavy atom. The van der Waals surface area contributed by atoms with Crippen LogP contribution in [0.15, 0.2) is 24.3 Å². The van der Waals surface area contributed by atoms with E-state index in [2.05, 4.69) is 31.9 Å². The highest BCUT2D eigenvalue weighted by Crippen LogP contribution is 2.21. The van der Waals surface area contributed by atoms with E-state index in [-0.39, 0.29) is 285 Å². The van der Waals surface area contributed by atoms with Crippen LogP contribution in [0.4, 0.5) is 0 Å². The van der Waals surface area contributed by atoms with E-state index in [0.29, 0.717) is 95.8 Å². The predicted octanol–water partition coefficient (Wildman–Crippen LogP) is 4.13. The number of hydrogen-bond donors (Lipinski definition) is 12. The minimum atomic E-state index is -3.87. The molecular weight excluding hydrogens is 1610 g/mol. The third-order valence-corrected chi connectivity index (χ3v) is 19.8.